The van der Waals surface area contributed by atoms with Crippen molar-refractivity contribution in [2.75, 3.05) is 32.5 Å². The fraction of sp³-hybridized carbons (Fsp3) is 0.312. The maximum atomic E-state index is 12.8. The van der Waals surface area contributed by atoms with Gasteiger partial charge in [-0.15, -0.1) is 0 Å². The molecule has 1 heterocycles. The van der Waals surface area contributed by atoms with Gasteiger partial charge in [0.15, 0.2) is 0 Å². The number of halogens is 1. The molecule has 1 aromatic carbocycles. The average molecular weight is 317 g/mol. The summed E-state index contributed by atoms with van der Waals surface area (Å²) < 4.78 is 12.8. The third kappa shape index (κ3) is 5.63. The smallest absolute Gasteiger partial charge is 0.271 e. The minimum Gasteiger partial charge on any atom is -0.351 e. The standard InChI is InChI=1S/C16H20FN5O/c1-22(2)9-3-8-18-16(23)14-10-20-15(11-19-14)21-13-6-4-12(17)5-7-13/h4-7,10-11H,3,8-9H2,1-2H3,(H,18,23)(H,20,21). The minimum atomic E-state index is -0.303. The summed E-state index contributed by atoms with van der Waals surface area (Å²) in [5.74, 6) is -0.0618. The van der Waals surface area contributed by atoms with E-state index >= 15 is 0 Å². The lowest BCUT2D eigenvalue weighted by atomic mass is 10.3. The molecule has 2 rings (SSSR count). The van der Waals surface area contributed by atoms with Crippen LogP contribution in [0.3, 0.4) is 0 Å². The molecule has 0 saturated heterocycles. The molecule has 0 radical (unpaired) electrons. The maximum Gasteiger partial charge on any atom is 0.271 e. The van der Waals surface area contributed by atoms with Gasteiger partial charge < -0.3 is 15.5 Å². The Labute approximate surface area is 134 Å². The minimum absolute atomic E-state index is 0.246. The van der Waals surface area contributed by atoms with E-state index in [-0.39, 0.29) is 17.4 Å². The van der Waals surface area contributed by atoms with Gasteiger partial charge in [0.25, 0.3) is 5.91 Å². The van der Waals surface area contributed by atoms with E-state index < -0.39 is 0 Å². The van der Waals surface area contributed by atoms with Crippen LogP contribution in [-0.4, -0.2) is 48.0 Å². The Balaban J connectivity index is 1.86. The number of hydrogen-bond acceptors (Lipinski definition) is 5. The Morgan fingerprint density at radius 2 is 1.91 bits per heavy atom. The molecule has 0 atom stereocenters. The van der Waals surface area contributed by atoms with Gasteiger partial charge in [-0.25, -0.2) is 14.4 Å². The Morgan fingerprint density at radius 1 is 1.17 bits per heavy atom. The van der Waals surface area contributed by atoms with Crippen molar-refractivity contribution < 1.29 is 9.18 Å². The van der Waals surface area contributed by atoms with E-state index in [1.54, 1.807) is 12.1 Å². The molecule has 1 amide bonds. The monoisotopic (exact) mass is 317 g/mol. The SMILES string of the molecule is CN(C)CCCNC(=O)c1cnc(Nc2ccc(F)cc2)cn1. The first-order valence-electron chi connectivity index (χ1n) is 7.32. The van der Waals surface area contributed by atoms with Crippen molar-refractivity contribution in [2.24, 2.45) is 0 Å². The van der Waals surface area contributed by atoms with Gasteiger partial charge in [0.05, 0.1) is 12.4 Å². The summed E-state index contributed by atoms with van der Waals surface area (Å²) in [6, 6.07) is 5.90. The molecule has 2 aromatic rings. The van der Waals surface area contributed by atoms with E-state index in [9.17, 15) is 9.18 Å². The molecule has 7 heteroatoms. The van der Waals surface area contributed by atoms with Crippen LogP contribution in [0.25, 0.3) is 0 Å². The number of benzene rings is 1. The number of aromatic nitrogens is 2. The van der Waals surface area contributed by atoms with E-state index in [0.29, 0.717) is 18.1 Å². The molecule has 0 fully saturated rings. The molecule has 23 heavy (non-hydrogen) atoms. The topological polar surface area (TPSA) is 70.2 Å². The van der Waals surface area contributed by atoms with Gasteiger partial charge in [-0.1, -0.05) is 0 Å². The first-order chi connectivity index (χ1) is 11.0. The highest BCUT2D eigenvalue weighted by molar-refractivity contribution is 5.92. The van der Waals surface area contributed by atoms with Gasteiger partial charge in [-0.3, -0.25) is 4.79 Å². The zero-order chi connectivity index (χ0) is 16.7. The predicted octanol–water partition coefficient (Wildman–Crippen LogP) is 2.04. The van der Waals surface area contributed by atoms with Gasteiger partial charge in [-0.05, 0) is 51.3 Å². The Bertz CT molecular complexity index is 628. The van der Waals surface area contributed by atoms with Gasteiger partial charge in [-0.2, -0.15) is 0 Å². The second kappa shape index (κ2) is 8.19. The third-order valence-electron chi connectivity index (χ3n) is 3.07. The lowest BCUT2D eigenvalue weighted by molar-refractivity contribution is 0.0947. The van der Waals surface area contributed by atoms with Crippen molar-refractivity contribution in [1.29, 1.82) is 0 Å². The maximum absolute atomic E-state index is 12.8. The molecule has 0 saturated carbocycles. The molecule has 0 unspecified atom stereocenters. The molecule has 6 nitrogen and oxygen atoms in total. The average Bonchev–Trinajstić information content (AvgIpc) is 2.54. The lowest BCUT2D eigenvalue weighted by Crippen LogP contribution is -2.27. The van der Waals surface area contributed by atoms with E-state index in [4.69, 9.17) is 0 Å². The fourth-order valence-corrected chi connectivity index (χ4v) is 1.88. The first kappa shape index (κ1) is 16.8. The van der Waals surface area contributed by atoms with E-state index in [0.717, 1.165) is 13.0 Å². The summed E-state index contributed by atoms with van der Waals surface area (Å²) in [5.41, 5.74) is 0.959. The van der Waals surface area contributed by atoms with E-state index in [1.807, 2.05) is 14.1 Å². The molecule has 0 aliphatic heterocycles. The van der Waals surface area contributed by atoms with Crippen LogP contribution in [0.1, 0.15) is 16.9 Å². The third-order valence-corrected chi connectivity index (χ3v) is 3.07. The van der Waals surface area contributed by atoms with Crippen molar-refractivity contribution in [2.45, 2.75) is 6.42 Å². The number of rotatable bonds is 7. The molecular formula is C16H20FN5O. The fourth-order valence-electron chi connectivity index (χ4n) is 1.88. The quantitative estimate of drug-likeness (QED) is 0.765. The molecule has 0 aliphatic carbocycles. The van der Waals surface area contributed by atoms with Gasteiger partial charge in [0.1, 0.15) is 17.3 Å². The molecule has 2 N–H and O–H groups in total. The van der Waals surface area contributed by atoms with Crippen molar-refractivity contribution in [3.05, 3.63) is 48.2 Å². The second-order valence-electron chi connectivity index (χ2n) is 5.33. The Hall–Kier alpha value is -2.54. The second-order valence-corrected chi connectivity index (χ2v) is 5.33. The number of hydrogen-bond donors (Lipinski definition) is 2. The van der Waals surface area contributed by atoms with Gasteiger partial charge in [0.2, 0.25) is 0 Å². The highest BCUT2D eigenvalue weighted by Crippen LogP contribution is 2.13. The van der Waals surface area contributed by atoms with E-state index in [1.165, 1.54) is 24.5 Å². The van der Waals surface area contributed by atoms with Crippen LogP contribution >= 0.6 is 0 Å². The molecule has 0 spiro atoms. The number of nitrogens with zero attached hydrogens (tertiary/aromatic N) is 3. The Kier molecular flexibility index (Phi) is 5.99. The number of anilines is 2. The van der Waals surface area contributed by atoms with Crippen LogP contribution in [0, 0.1) is 5.82 Å². The van der Waals surface area contributed by atoms with E-state index in [2.05, 4.69) is 25.5 Å². The number of amides is 1. The summed E-state index contributed by atoms with van der Waals surface area (Å²) in [4.78, 5) is 22.2. The zero-order valence-corrected chi connectivity index (χ0v) is 13.2. The normalized spacial score (nSPS) is 10.6. The van der Waals surface area contributed by atoms with Crippen molar-refractivity contribution in [3.63, 3.8) is 0 Å². The summed E-state index contributed by atoms with van der Waals surface area (Å²) in [6.07, 6.45) is 3.75. The van der Waals surface area contributed by atoms with Crippen LogP contribution < -0.4 is 10.6 Å². The predicted molar refractivity (Wildman–Crippen MR) is 87.2 cm³/mol. The zero-order valence-electron chi connectivity index (χ0n) is 13.2. The van der Waals surface area contributed by atoms with Crippen LogP contribution in [0.5, 0.6) is 0 Å². The molecule has 122 valence electrons. The highest BCUT2D eigenvalue weighted by Gasteiger charge is 2.07. The summed E-state index contributed by atoms with van der Waals surface area (Å²) in [7, 11) is 3.97. The van der Waals surface area contributed by atoms with Crippen LogP contribution in [0.15, 0.2) is 36.7 Å². The highest BCUT2D eigenvalue weighted by atomic mass is 19.1. The van der Waals surface area contributed by atoms with Gasteiger partial charge in [0, 0.05) is 12.2 Å². The number of nitrogens with one attached hydrogen (secondary N) is 2. The molecule has 1 aromatic heterocycles. The van der Waals surface area contributed by atoms with Crippen molar-refractivity contribution >= 4 is 17.4 Å². The van der Waals surface area contributed by atoms with Crippen LogP contribution in [0.4, 0.5) is 15.9 Å². The molecular weight excluding hydrogens is 297 g/mol. The lowest BCUT2D eigenvalue weighted by Gasteiger charge is -2.10. The van der Waals surface area contributed by atoms with Gasteiger partial charge >= 0.3 is 0 Å². The number of carbonyl (C=O) groups excluding carboxylic acids is 1. The summed E-state index contributed by atoms with van der Waals surface area (Å²) >= 11 is 0. The van der Waals surface area contributed by atoms with Crippen molar-refractivity contribution in [3.8, 4) is 0 Å². The molecule has 0 aliphatic rings. The summed E-state index contributed by atoms with van der Waals surface area (Å²) in [6.45, 7) is 1.50. The van der Waals surface area contributed by atoms with Crippen LogP contribution in [-0.2, 0) is 0 Å². The number of carbonyl (C=O) groups is 1. The Morgan fingerprint density at radius 3 is 2.52 bits per heavy atom. The summed E-state index contributed by atoms with van der Waals surface area (Å²) in [5, 5.41) is 5.78. The first-order valence-corrected chi connectivity index (χ1v) is 7.32. The van der Waals surface area contributed by atoms with Crippen molar-refractivity contribution in [1.82, 2.24) is 20.2 Å². The van der Waals surface area contributed by atoms with Crippen LogP contribution in [0.2, 0.25) is 0 Å². The molecule has 0 bridgehead atoms. The largest absolute Gasteiger partial charge is 0.351 e.